The third-order valence-electron chi connectivity index (χ3n) is 3.50. The number of nitrogens with one attached hydrogen (secondary N) is 3. The van der Waals surface area contributed by atoms with Crippen molar-refractivity contribution in [1.82, 2.24) is 30.0 Å². The van der Waals surface area contributed by atoms with Crippen molar-refractivity contribution in [1.29, 1.82) is 0 Å². The lowest BCUT2D eigenvalue weighted by Gasteiger charge is -2.12. The molecule has 0 radical (unpaired) electrons. The van der Waals surface area contributed by atoms with E-state index >= 15 is 0 Å². The Labute approximate surface area is 137 Å². The van der Waals surface area contributed by atoms with Gasteiger partial charge in [0, 0.05) is 13.1 Å². The first-order chi connectivity index (χ1) is 11.1. The van der Waals surface area contributed by atoms with Crippen LogP contribution in [-0.2, 0) is 0 Å². The van der Waals surface area contributed by atoms with Gasteiger partial charge in [-0.15, -0.1) is 10.2 Å². The van der Waals surface area contributed by atoms with Gasteiger partial charge in [0.05, 0.1) is 6.33 Å². The second kappa shape index (κ2) is 8.64. The number of fused-ring (bicyclic) bond motifs is 1. The summed E-state index contributed by atoms with van der Waals surface area (Å²) < 4.78 is 0. The van der Waals surface area contributed by atoms with Crippen molar-refractivity contribution >= 4 is 22.7 Å². The first-order valence-electron chi connectivity index (χ1n) is 8.05. The summed E-state index contributed by atoms with van der Waals surface area (Å²) in [4.78, 5) is 11.9. The van der Waals surface area contributed by atoms with E-state index in [4.69, 9.17) is 0 Å². The number of aromatic amines is 1. The van der Waals surface area contributed by atoms with Gasteiger partial charge in [0.2, 0.25) is 0 Å². The molecule has 3 N–H and O–H groups in total. The summed E-state index contributed by atoms with van der Waals surface area (Å²) in [6.07, 6.45) is 3.78. The number of anilines is 2. The zero-order valence-electron chi connectivity index (χ0n) is 14.6. The predicted octanol–water partition coefficient (Wildman–Crippen LogP) is 1.08. The molecule has 2 rings (SSSR count). The van der Waals surface area contributed by atoms with Crippen molar-refractivity contribution in [3.05, 3.63) is 6.33 Å². The minimum Gasteiger partial charge on any atom is -0.367 e. The minimum atomic E-state index is 0.735. The van der Waals surface area contributed by atoms with Crippen LogP contribution in [0, 0.1) is 0 Å². The van der Waals surface area contributed by atoms with Crippen LogP contribution in [-0.4, -0.2) is 84.3 Å². The second-order valence-corrected chi connectivity index (χ2v) is 6.19. The molecule has 2 heterocycles. The molecule has 0 fully saturated rings. The quantitative estimate of drug-likeness (QED) is 0.565. The molecule has 0 saturated heterocycles. The van der Waals surface area contributed by atoms with Gasteiger partial charge in [0.1, 0.15) is 11.0 Å². The number of hydrogen-bond donors (Lipinski definition) is 3. The minimum absolute atomic E-state index is 0.735. The lowest BCUT2D eigenvalue weighted by molar-refractivity contribution is 0.405. The van der Waals surface area contributed by atoms with Gasteiger partial charge >= 0.3 is 0 Å². The fraction of sp³-hybridized carbons (Fsp3) is 0.667. The van der Waals surface area contributed by atoms with Crippen LogP contribution in [0.1, 0.15) is 12.8 Å². The number of aromatic nitrogens is 4. The first-order valence-corrected chi connectivity index (χ1v) is 8.05. The lowest BCUT2D eigenvalue weighted by Crippen LogP contribution is -2.17. The number of H-pyrrole nitrogens is 1. The molecule has 0 amide bonds. The van der Waals surface area contributed by atoms with E-state index in [2.05, 4.69) is 68.8 Å². The van der Waals surface area contributed by atoms with E-state index in [-0.39, 0.29) is 0 Å². The molecule has 0 bridgehead atoms. The van der Waals surface area contributed by atoms with Gasteiger partial charge < -0.3 is 25.4 Å². The Kier molecular flexibility index (Phi) is 6.54. The summed E-state index contributed by atoms with van der Waals surface area (Å²) in [5.74, 6) is 1.49. The van der Waals surface area contributed by atoms with Gasteiger partial charge in [-0.05, 0) is 54.1 Å². The van der Waals surface area contributed by atoms with Crippen LogP contribution in [0.2, 0.25) is 0 Å². The normalized spacial score (nSPS) is 11.6. The topological polar surface area (TPSA) is 85.0 Å². The average Bonchev–Trinajstić information content (AvgIpc) is 2.98. The van der Waals surface area contributed by atoms with Crippen LogP contribution in [0.3, 0.4) is 0 Å². The van der Waals surface area contributed by atoms with Gasteiger partial charge in [-0.25, -0.2) is 4.98 Å². The Balaban J connectivity index is 1.94. The van der Waals surface area contributed by atoms with E-state index in [9.17, 15) is 0 Å². The molecule has 8 heteroatoms. The molecule has 2 aromatic rings. The number of imidazole rings is 1. The van der Waals surface area contributed by atoms with Crippen LogP contribution in [0.4, 0.5) is 11.6 Å². The van der Waals surface area contributed by atoms with Crippen molar-refractivity contribution in [3.8, 4) is 0 Å². The van der Waals surface area contributed by atoms with Gasteiger partial charge in [0.25, 0.3) is 0 Å². The van der Waals surface area contributed by atoms with Crippen LogP contribution < -0.4 is 10.6 Å². The highest BCUT2D eigenvalue weighted by Gasteiger charge is 2.11. The Hall–Kier alpha value is -1.93. The SMILES string of the molecule is CN(C)CCCNc1nnc(NCCCN(C)C)c2[nH]cnc12. The lowest BCUT2D eigenvalue weighted by atomic mass is 10.3. The van der Waals surface area contributed by atoms with Crippen LogP contribution in [0.5, 0.6) is 0 Å². The summed E-state index contributed by atoms with van der Waals surface area (Å²) in [6.45, 7) is 3.79. The van der Waals surface area contributed by atoms with Crippen molar-refractivity contribution in [3.63, 3.8) is 0 Å². The standard InChI is InChI=1S/C15H28N8/c1-22(2)9-5-7-16-14-12-13(19-11-18-12)15(21-20-14)17-8-6-10-23(3)4/h11H,5-10H2,1-4H3,(H,16,20)(H,17,21)(H,18,19). The van der Waals surface area contributed by atoms with E-state index in [0.29, 0.717) is 0 Å². The maximum Gasteiger partial charge on any atom is 0.177 e. The molecule has 0 atom stereocenters. The van der Waals surface area contributed by atoms with Crippen molar-refractivity contribution in [2.75, 3.05) is 65.0 Å². The van der Waals surface area contributed by atoms with Crippen molar-refractivity contribution in [2.45, 2.75) is 12.8 Å². The first kappa shape index (κ1) is 17.4. The Morgan fingerprint density at radius 1 is 0.913 bits per heavy atom. The summed E-state index contributed by atoms with van der Waals surface area (Å²) in [5, 5.41) is 15.2. The van der Waals surface area contributed by atoms with E-state index in [1.54, 1.807) is 6.33 Å². The predicted molar refractivity (Wildman–Crippen MR) is 95.0 cm³/mol. The zero-order chi connectivity index (χ0) is 16.7. The third kappa shape index (κ3) is 5.33. The third-order valence-corrected chi connectivity index (χ3v) is 3.50. The Morgan fingerprint density at radius 2 is 1.48 bits per heavy atom. The maximum absolute atomic E-state index is 4.37. The fourth-order valence-electron chi connectivity index (χ4n) is 2.30. The fourth-order valence-corrected chi connectivity index (χ4v) is 2.30. The van der Waals surface area contributed by atoms with E-state index in [1.807, 2.05) is 0 Å². The molecular weight excluding hydrogens is 292 g/mol. The number of nitrogens with zero attached hydrogens (tertiary/aromatic N) is 5. The number of rotatable bonds is 10. The monoisotopic (exact) mass is 320 g/mol. The van der Waals surface area contributed by atoms with Gasteiger partial charge in [-0.1, -0.05) is 0 Å². The molecule has 0 aliphatic carbocycles. The Morgan fingerprint density at radius 3 is 2.09 bits per heavy atom. The summed E-state index contributed by atoms with van der Waals surface area (Å²) in [5.41, 5.74) is 1.74. The van der Waals surface area contributed by atoms with Gasteiger partial charge in [-0.2, -0.15) is 0 Å². The molecule has 128 valence electrons. The van der Waals surface area contributed by atoms with Gasteiger partial charge in [-0.3, -0.25) is 0 Å². The van der Waals surface area contributed by atoms with E-state index in [0.717, 1.165) is 61.7 Å². The van der Waals surface area contributed by atoms with Crippen LogP contribution in [0.25, 0.3) is 11.0 Å². The summed E-state index contributed by atoms with van der Waals surface area (Å²) in [7, 11) is 8.29. The highest BCUT2D eigenvalue weighted by atomic mass is 15.2. The smallest absolute Gasteiger partial charge is 0.177 e. The molecular formula is C15H28N8. The number of hydrogen-bond acceptors (Lipinski definition) is 7. The average molecular weight is 320 g/mol. The molecule has 0 unspecified atom stereocenters. The highest BCUT2D eigenvalue weighted by molar-refractivity contribution is 5.92. The largest absolute Gasteiger partial charge is 0.367 e. The highest BCUT2D eigenvalue weighted by Crippen LogP contribution is 2.22. The molecule has 0 aliphatic heterocycles. The molecule has 8 nitrogen and oxygen atoms in total. The summed E-state index contributed by atoms with van der Waals surface area (Å²) >= 11 is 0. The van der Waals surface area contributed by atoms with E-state index in [1.165, 1.54) is 0 Å². The molecule has 2 aromatic heterocycles. The second-order valence-electron chi connectivity index (χ2n) is 6.19. The van der Waals surface area contributed by atoms with Crippen molar-refractivity contribution < 1.29 is 0 Å². The maximum atomic E-state index is 4.37. The zero-order valence-corrected chi connectivity index (χ0v) is 14.6. The summed E-state index contributed by atoms with van der Waals surface area (Å²) in [6, 6.07) is 0. The van der Waals surface area contributed by atoms with E-state index < -0.39 is 0 Å². The Bertz CT molecular complexity index is 542. The molecule has 0 spiro atoms. The molecule has 0 aromatic carbocycles. The van der Waals surface area contributed by atoms with Gasteiger partial charge in [0.15, 0.2) is 11.6 Å². The van der Waals surface area contributed by atoms with Crippen LogP contribution >= 0.6 is 0 Å². The molecule has 23 heavy (non-hydrogen) atoms. The molecule has 0 aliphatic rings. The van der Waals surface area contributed by atoms with Crippen LogP contribution in [0.15, 0.2) is 6.33 Å². The van der Waals surface area contributed by atoms with Crippen molar-refractivity contribution in [2.24, 2.45) is 0 Å². The molecule has 0 saturated carbocycles.